The van der Waals surface area contributed by atoms with E-state index in [0.29, 0.717) is 45.6 Å². The molecule has 0 aliphatic carbocycles. The third kappa shape index (κ3) is 4.06. The van der Waals surface area contributed by atoms with E-state index in [1.165, 1.54) is 22.1 Å². The second-order valence-corrected chi connectivity index (χ2v) is 8.64. The van der Waals surface area contributed by atoms with E-state index in [1.54, 1.807) is 33.5 Å². The molecule has 5 rings (SSSR count). The summed E-state index contributed by atoms with van der Waals surface area (Å²) >= 11 is 1.37. The third-order valence-electron chi connectivity index (χ3n) is 5.57. The second-order valence-electron chi connectivity index (χ2n) is 7.64. The Morgan fingerprint density at radius 1 is 0.971 bits per heavy atom. The minimum atomic E-state index is -0.0902. The Balaban J connectivity index is 1.39. The minimum Gasteiger partial charge on any atom is -0.493 e. The first-order valence-electron chi connectivity index (χ1n) is 10.6. The maximum absolute atomic E-state index is 6.22. The monoisotopic (exact) mass is 476 g/mol. The first-order chi connectivity index (χ1) is 16.6. The van der Waals surface area contributed by atoms with Crippen LogP contribution in [0.3, 0.4) is 0 Å². The van der Waals surface area contributed by atoms with Crippen molar-refractivity contribution in [3.63, 3.8) is 0 Å². The van der Waals surface area contributed by atoms with Crippen molar-refractivity contribution in [1.82, 2.24) is 4.98 Å². The maximum atomic E-state index is 6.22. The fourth-order valence-corrected chi connectivity index (χ4v) is 4.75. The molecule has 4 aromatic rings. The van der Waals surface area contributed by atoms with Gasteiger partial charge >= 0.3 is 0 Å². The molecule has 1 aliphatic heterocycles. The fourth-order valence-electron chi connectivity index (χ4n) is 3.90. The van der Waals surface area contributed by atoms with Crippen molar-refractivity contribution < 1.29 is 18.9 Å². The van der Waals surface area contributed by atoms with Crippen molar-refractivity contribution in [3.05, 3.63) is 65.0 Å². The van der Waals surface area contributed by atoms with Crippen molar-refractivity contribution in [1.29, 1.82) is 0 Å². The lowest BCUT2D eigenvalue weighted by Crippen LogP contribution is -2.02. The van der Waals surface area contributed by atoms with Crippen LogP contribution in [0.15, 0.2) is 59.6 Å². The predicted octanol–water partition coefficient (Wildman–Crippen LogP) is 5.17. The Morgan fingerprint density at radius 3 is 2.41 bits per heavy atom. The maximum Gasteiger partial charge on any atom is 0.231 e. The highest BCUT2D eigenvalue weighted by Crippen LogP contribution is 2.41. The molecule has 2 heterocycles. The summed E-state index contributed by atoms with van der Waals surface area (Å²) in [5, 5.41) is 6.23. The third-order valence-corrected chi connectivity index (χ3v) is 6.55. The molecule has 1 aliphatic rings. The van der Waals surface area contributed by atoms with Crippen LogP contribution in [0, 0.1) is 0 Å². The molecule has 0 amide bonds. The molecular formula is C25H24N4O4S. The Labute approximate surface area is 201 Å². The molecule has 0 radical (unpaired) electrons. The summed E-state index contributed by atoms with van der Waals surface area (Å²) in [7, 11) is 4.71. The molecule has 174 valence electrons. The number of methoxy groups -OCH3 is 3. The smallest absolute Gasteiger partial charge is 0.231 e. The number of nitrogens with one attached hydrogen (secondary N) is 1. The van der Waals surface area contributed by atoms with Crippen molar-refractivity contribution in [2.75, 3.05) is 39.0 Å². The molecule has 1 aromatic heterocycles. The number of aromatic nitrogens is 1. The standard InChI is InChI=1S/C25H24N4O4S/c1-30-19-11-17(12-20(31-2)21(19)32-3)27-25-29-23(26)22(34-25)24-28-18(13-33-24)16-9-8-14-6-4-5-7-15(14)10-16/h4-12,18H,13,26H2,1-3H3,(H,27,29). The quantitative estimate of drug-likeness (QED) is 0.380. The van der Waals surface area contributed by atoms with E-state index in [2.05, 4.69) is 40.6 Å². The number of aliphatic imine (C=N–C) groups is 1. The number of nitrogen functional groups attached to an aromatic ring is 1. The molecule has 1 unspecified atom stereocenters. The van der Waals surface area contributed by atoms with Crippen LogP contribution in [0.1, 0.15) is 16.5 Å². The van der Waals surface area contributed by atoms with Crippen molar-refractivity contribution in [3.8, 4) is 17.2 Å². The summed E-state index contributed by atoms with van der Waals surface area (Å²) in [6.45, 7) is 0.459. The van der Waals surface area contributed by atoms with Gasteiger partial charge in [0.2, 0.25) is 11.6 Å². The van der Waals surface area contributed by atoms with E-state index in [1.807, 2.05) is 12.1 Å². The highest BCUT2D eigenvalue weighted by Gasteiger charge is 2.26. The van der Waals surface area contributed by atoms with E-state index < -0.39 is 0 Å². The molecule has 3 N–H and O–H groups in total. The number of anilines is 3. The number of rotatable bonds is 7. The minimum absolute atomic E-state index is 0.0902. The highest BCUT2D eigenvalue weighted by atomic mass is 32.1. The Hall–Kier alpha value is -3.98. The van der Waals surface area contributed by atoms with Crippen LogP contribution in [-0.4, -0.2) is 38.8 Å². The SMILES string of the molecule is COc1cc(Nc2nc(N)c(C3=NC(c4ccc5ccccc5c4)CO3)s2)cc(OC)c1OC. The predicted molar refractivity (Wildman–Crippen MR) is 135 cm³/mol. The molecule has 34 heavy (non-hydrogen) atoms. The molecule has 0 saturated heterocycles. The van der Waals surface area contributed by atoms with Crippen LogP contribution in [-0.2, 0) is 4.74 Å². The molecule has 9 heteroatoms. The molecule has 8 nitrogen and oxygen atoms in total. The molecule has 0 bridgehead atoms. The molecule has 3 aromatic carbocycles. The first-order valence-corrected chi connectivity index (χ1v) is 11.4. The zero-order chi connectivity index (χ0) is 23.7. The second kappa shape index (κ2) is 9.11. The van der Waals surface area contributed by atoms with Gasteiger partial charge in [-0.25, -0.2) is 9.98 Å². The van der Waals surface area contributed by atoms with Crippen LogP contribution in [0.25, 0.3) is 10.8 Å². The summed E-state index contributed by atoms with van der Waals surface area (Å²) in [5.41, 5.74) is 8.04. The van der Waals surface area contributed by atoms with Crippen molar-refractivity contribution in [2.45, 2.75) is 6.04 Å². The van der Waals surface area contributed by atoms with Gasteiger partial charge in [-0.2, -0.15) is 0 Å². The van der Waals surface area contributed by atoms with E-state index in [0.717, 1.165) is 11.3 Å². The highest BCUT2D eigenvalue weighted by molar-refractivity contribution is 7.18. The lowest BCUT2D eigenvalue weighted by molar-refractivity contribution is 0.320. The first kappa shape index (κ1) is 21.8. The average molecular weight is 477 g/mol. The zero-order valence-corrected chi connectivity index (χ0v) is 19.8. The van der Waals surface area contributed by atoms with E-state index in [4.69, 9.17) is 29.7 Å². The summed E-state index contributed by atoms with van der Waals surface area (Å²) in [6.07, 6.45) is 0. The van der Waals surface area contributed by atoms with Crippen molar-refractivity contribution >= 4 is 44.6 Å². The number of fused-ring (bicyclic) bond motifs is 1. The van der Waals surface area contributed by atoms with Crippen LogP contribution >= 0.6 is 11.3 Å². The number of thiazole rings is 1. The van der Waals surface area contributed by atoms with Crippen LogP contribution in [0.5, 0.6) is 17.2 Å². The number of nitrogens with two attached hydrogens (primary N) is 1. The van der Waals surface area contributed by atoms with Crippen LogP contribution < -0.4 is 25.3 Å². The zero-order valence-electron chi connectivity index (χ0n) is 19.0. The Kier molecular flexibility index (Phi) is 5.85. The molecule has 0 fully saturated rings. The van der Waals surface area contributed by atoms with Gasteiger partial charge in [-0.05, 0) is 22.4 Å². The van der Waals surface area contributed by atoms with Gasteiger partial charge in [0, 0.05) is 17.8 Å². The summed E-state index contributed by atoms with van der Waals surface area (Å²) < 4.78 is 22.1. The number of hydrogen-bond donors (Lipinski definition) is 2. The number of hydrogen-bond acceptors (Lipinski definition) is 9. The van der Waals surface area contributed by atoms with E-state index >= 15 is 0 Å². The summed E-state index contributed by atoms with van der Waals surface area (Å²) in [5.74, 6) is 2.46. The number of ether oxygens (including phenoxy) is 4. The topological polar surface area (TPSA) is 100 Å². The number of nitrogens with zero attached hydrogens (tertiary/aromatic N) is 2. The van der Waals surface area contributed by atoms with Gasteiger partial charge in [0.05, 0.1) is 21.3 Å². The van der Waals surface area contributed by atoms with Gasteiger partial charge in [0.25, 0.3) is 0 Å². The normalized spacial score (nSPS) is 15.0. The average Bonchev–Trinajstić information content (AvgIpc) is 3.49. The molecule has 0 saturated carbocycles. The van der Waals surface area contributed by atoms with Gasteiger partial charge < -0.3 is 30.0 Å². The molecule has 1 atom stereocenters. The summed E-state index contributed by atoms with van der Waals surface area (Å²) in [6, 6.07) is 18.1. The lowest BCUT2D eigenvalue weighted by atomic mass is 10.0. The lowest BCUT2D eigenvalue weighted by Gasteiger charge is -2.14. The van der Waals surface area contributed by atoms with Gasteiger partial charge in [0.15, 0.2) is 16.6 Å². The molecule has 0 spiro atoms. The van der Waals surface area contributed by atoms with Crippen molar-refractivity contribution in [2.24, 2.45) is 4.99 Å². The van der Waals surface area contributed by atoms with Gasteiger partial charge in [-0.1, -0.05) is 47.7 Å². The van der Waals surface area contributed by atoms with Crippen LogP contribution in [0.2, 0.25) is 0 Å². The van der Waals surface area contributed by atoms with Gasteiger partial charge in [-0.3, -0.25) is 0 Å². The van der Waals surface area contributed by atoms with Gasteiger partial charge in [0.1, 0.15) is 23.3 Å². The number of benzene rings is 3. The van der Waals surface area contributed by atoms with Crippen LogP contribution in [0.4, 0.5) is 16.6 Å². The molecular weight excluding hydrogens is 452 g/mol. The summed E-state index contributed by atoms with van der Waals surface area (Å²) in [4.78, 5) is 9.94. The van der Waals surface area contributed by atoms with E-state index in [-0.39, 0.29) is 6.04 Å². The fraction of sp³-hybridized carbons (Fsp3) is 0.200. The Morgan fingerprint density at radius 2 is 1.71 bits per heavy atom. The van der Waals surface area contributed by atoms with Gasteiger partial charge in [-0.15, -0.1) is 0 Å². The van der Waals surface area contributed by atoms with E-state index in [9.17, 15) is 0 Å². The largest absolute Gasteiger partial charge is 0.493 e. The Bertz CT molecular complexity index is 1360.